The molecule has 2 aliphatic rings. The second-order valence-corrected chi connectivity index (χ2v) is 6.67. The number of hydrogen-bond donors (Lipinski definition) is 2. The van der Waals surface area contributed by atoms with E-state index in [-0.39, 0.29) is 22.9 Å². The lowest BCUT2D eigenvalue weighted by Gasteiger charge is -2.57. The first kappa shape index (κ1) is 13.6. The lowest BCUT2D eigenvalue weighted by molar-refractivity contribution is -0.134. The van der Waals surface area contributed by atoms with E-state index in [1.165, 1.54) is 0 Å². The van der Waals surface area contributed by atoms with Crippen LogP contribution in [0.1, 0.15) is 52.9 Å². The number of aliphatic hydroxyl groups excluding tert-OH is 1. The minimum Gasteiger partial charge on any atom is -0.478 e. The highest BCUT2D eigenvalue weighted by Gasteiger charge is 2.53. The predicted octanol–water partition coefficient (Wildman–Crippen LogP) is 2.98. The van der Waals surface area contributed by atoms with Gasteiger partial charge in [-0.25, -0.2) is 4.79 Å². The van der Waals surface area contributed by atoms with E-state index < -0.39 is 5.97 Å². The van der Waals surface area contributed by atoms with Gasteiger partial charge in [-0.05, 0) is 48.9 Å². The van der Waals surface area contributed by atoms with Gasteiger partial charge in [0.1, 0.15) is 0 Å². The third-order valence-electron chi connectivity index (χ3n) is 5.69. The summed E-state index contributed by atoms with van der Waals surface area (Å²) in [6.45, 7) is 6.68. The zero-order valence-electron chi connectivity index (χ0n) is 11.6. The van der Waals surface area contributed by atoms with Gasteiger partial charge in [0.05, 0.1) is 6.10 Å². The third kappa shape index (κ3) is 1.89. The lowest BCUT2D eigenvalue weighted by Crippen LogP contribution is -2.52. The largest absolute Gasteiger partial charge is 0.478 e. The number of carboxylic acids is 1. The van der Waals surface area contributed by atoms with Crippen LogP contribution in [-0.2, 0) is 4.79 Å². The van der Waals surface area contributed by atoms with Gasteiger partial charge in [-0.1, -0.05) is 26.8 Å². The first-order valence-corrected chi connectivity index (χ1v) is 6.90. The maximum atomic E-state index is 11.0. The first-order valence-electron chi connectivity index (χ1n) is 6.90. The average molecular weight is 252 g/mol. The number of rotatable bonds is 1. The molecule has 1 saturated carbocycles. The fourth-order valence-corrected chi connectivity index (χ4v) is 4.08. The maximum absolute atomic E-state index is 11.0. The molecule has 2 aliphatic carbocycles. The Morgan fingerprint density at radius 2 is 2.06 bits per heavy atom. The highest BCUT2D eigenvalue weighted by molar-refractivity contribution is 5.86. The number of carbonyl (C=O) groups is 1. The minimum atomic E-state index is -0.785. The molecule has 1 fully saturated rings. The van der Waals surface area contributed by atoms with Crippen LogP contribution in [0.25, 0.3) is 0 Å². The van der Waals surface area contributed by atoms with Crippen molar-refractivity contribution in [3.63, 3.8) is 0 Å². The highest BCUT2D eigenvalue weighted by Crippen LogP contribution is 2.59. The van der Waals surface area contributed by atoms with E-state index >= 15 is 0 Å². The van der Waals surface area contributed by atoms with Gasteiger partial charge >= 0.3 is 5.97 Å². The molecule has 1 spiro atoms. The molecule has 3 atom stereocenters. The van der Waals surface area contributed by atoms with Gasteiger partial charge in [-0.3, -0.25) is 0 Å². The minimum absolute atomic E-state index is 0.0591. The Hall–Kier alpha value is -0.830. The molecule has 0 amide bonds. The van der Waals surface area contributed by atoms with Gasteiger partial charge in [0.15, 0.2) is 0 Å². The normalized spacial score (nSPS) is 39.4. The molecule has 0 saturated heterocycles. The average Bonchev–Trinajstić information content (AvgIpc) is 2.33. The van der Waals surface area contributed by atoms with Gasteiger partial charge in [0.25, 0.3) is 0 Å². The van der Waals surface area contributed by atoms with Crippen LogP contribution < -0.4 is 0 Å². The van der Waals surface area contributed by atoms with Crippen LogP contribution in [0, 0.1) is 16.7 Å². The van der Waals surface area contributed by atoms with E-state index in [0.717, 1.165) is 25.7 Å². The fraction of sp³-hybridized carbons (Fsp3) is 0.800. The summed E-state index contributed by atoms with van der Waals surface area (Å²) in [5.41, 5.74) is 0.777. The molecule has 0 aliphatic heterocycles. The fourth-order valence-electron chi connectivity index (χ4n) is 4.08. The standard InChI is InChI=1S/C15H24O3/c1-10-12(16)6-7-14(2,3)15(10)8-4-11(5-9-15)13(17)18/h4,10,12,16H,5-9H2,1-3H3,(H,17,18)/t10-,12+,15+/m0/s1. The molecule has 0 aromatic rings. The molecule has 0 heterocycles. The van der Waals surface area contributed by atoms with E-state index in [1.807, 2.05) is 6.08 Å². The van der Waals surface area contributed by atoms with Gasteiger partial charge in [0.2, 0.25) is 0 Å². The van der Waals surface area contributed by atoms with Crippen LogP contribution in [0.4, 0.5) is 0 Å². The van der Waals surface area contributed by atoms with E-state index in [4.69, 9.17) is 5.11 Å². The van der Waals surface area contributed by atoms with Crippen LogP contribution in [0.3, 0.4) is 0 Å². The Bertz CT molecular complexity index is 383. The molecule has 0 aromatic carbocycles. The Kier molecular flexibility index (Phi) is 3.30. The Labute approximate surface area is 109 Å². The molecule has 0 radical (unpaired) electrons. The van der Waals surface area contributed by atoms with Gasteiger partial charge in [-0.15, -0.1) is 0 Å². The van der Waals surface area contributed by atoms with Crippen molar-refractivity contribution in [2.45, 2.75) is 59.0 Å². The van der Waals surface area contributed by atoms with Crippen molar-refractivity contribution >= 4 is 5.97 Å². The Balaban J connectivity index is 2.31. The molecule has 18 heavy (non-hydrogen) atoms. The van der Waals surface area contributed by atoms with Crippen molar-refractivity contribution in [2.75, 3.05) is 0 Å². The van der Waals surface area contributed by atoms with Crippen LogP contribution in [-0.4, -0.2) is 22.3 Å². The molecule has 2 rings (SSSR count). The zero-order chi connectivity index (χ0) is 13.6. The summed E-state index contributed by atoms with van der Waals surface area (Å²) in [7, 11) is 0. The van der Waals surface area contributed by atoms with Crippen molar-refractivity contribution in [2.24, 2.45) is 16.7 Å². The molecule has 0 aromatic heterocycles. The summed E-state index contributed by atoms with van der Waals surface area (Å²) in [6, 6.07) is 0. The summed E-state index contributed by atoms with van der Waals surface area (Å²) in [6.07, 6.45) is 5.85. The summed E-state index contributed by atoms with van der Waals surface area (Å²) in [4.78, 5) is 11.0. The van der Waals surface area contributed by atoms with Crippen molar-refractivity contribution in [1.29, 1.82) is 0 Å². The number of aliphatic carboxylic acids is 1. The Morgan fingerprint density at radius 3 is 2.56 bits per heavy atom. The van der Waals surface area contributed by atoms with Crippen LogP contribution in [0.5, 0.6) is 0 Å². The van der Waals surface area contributed by atoms with Crippen LogP contribution in [0.2, 0.25) is 0 Å². The van der Waals surface area contributed by atoms with Gasteiger partial charge < -0.3 is 10.2 Å². The summed E-state index contributed by atoms with van der Waals surface area (Å²) >= 11 is 0. The molecule has 3 nitrogen and oxygen atoms in total. The second-order valence-electron chi connectivity index (χ2n) is 6.67. The van der Waals surface area contributed by atoms with E-state index in [1.54, 1.807) is 0 Å². The van der Waals surface area contributed by atoms with E-state index in [9.17, 15) is 9.90 Å². The molecule has 3 heteroatoms. The second kappa shape index (κ2) is 4.37. The quantitative estimate of drug-likeness (QED) is 0.754. The van der Waals surface area contributed by atoms with Crippen molar-refractivity contribution < 1.29 is 15.0 Å². The topological polar surface area (TPSA) is 57.5 Å². The summed E-state index contributed by atoms with van der Waals surface area (Å²) in [5, 5.41) is 19.2. The monoisotopic (exact) mass is 252 g/mol. The van der Waals surface area contributed by atoms with Crippen molar-refractivity contribution in [1.82, 2.24) is 0 Å². The molecule has 0 unspecified atom stereocenters. The Morgan fingerprint density at radius 1 is 1.39 bits per heavy atom. The van der Waals surface area contributed by atoms with Crippen LogP contribution in [0.15, 0.2) is 11.6 Å². The smallest absolute Gasteiger partial charge is 0.331 e. The number of aliphatic hydroxyl groups is 1. The molecular weight excluding hydrogens is 228 g/mol. The maximum Gasteiger partial charge on any atom is 0.331 e. The predicted molar refractivity (Wildman–Crippen MR) is 70.2 cm³/mol. The highest BCUT2D eigenvalue weighted by atomic mass is 16.4. The van der Waals surface area contributed by atoms with Crippen molar-refractivity contribution in [3.05, 3.63) is 11.6 Å². The van der Waals surface area contributed by atoms with Crippen LogP contribution >= 0.6 is 0 Å². The summed E-state index contributed by atoms with van der Waals surface area (Å²) in [5.74, 6) is -0.542. The lowest BCUT2D eigenvalue weighted by atomic mass is 9.48. The number of carboxylic acid groups (broad SMARTS) is 1. The molecule has 102 valence electrons. The third-order valence-corrected chi connectivity index (χ3v) is 5.69. The number of hydrogen-bond acceptors (Lipinski definition) is 2. The number of allylic oxidation sites excluding steroid dienone is 1. The van der Waals surface area contributed by atoms with Gasteiger partial charge in [0, 0.05) is 5.57 Å². The van der Waals surface area contributed by atoms with E-state index in [0.29, 0.717) is 12.0 Å². The van der Waals surface area contributed by atoms with Crippen molar-refractivity contribution in [3.8, 4) is 0 Å². The molecular formula is C15H24O3. The first-order chi connectivity index (χ1) is 8.30. The molecule has 2 N–H and O–H groups in total. The van der Waals surface area contributed by atoms with E-state index in [2.05, 4.69) is 20.8 Å². The SMILES string of the molecule is C[C@H]1[C@H](O)CCC(C)(C)[C@@]12CC=C(C(=O)O)CC2. The van der Waals surface area contributed by atoms with Gasteiger partial charge in [-0.2, -0.15) is 0 Å². The molecule has 0 bridgehead atoms. The summed E-state index contributed by atoms with van der Waals surface area (Å²) < 4.78 is 0. The zero-order valence-corrected chi connectivity index (χ0v) is 11.6.